The zero-order valence-corrected chi connectivity index (χ0v) is 5.41. The highest BCUT2D eigenvalue weighted by atomic mass is 31.0. The van der Waals surface area contributed by atoms with Gasteiger partial charge in [0.05, 0.1) is 0 Å². The minimum atomic E-state index is 1.41. The Bertz CT molecular complexity index is 110. The van der Waals surface area contributed by atoms with Crippen LogP contribution in [0.1, 0.15) is 0 Å². The fraction of sp³-hybridized carbons (Fsp3) is 0. The molecule has 0 amide bonds. The summed E-state index contributed by atoms with van der Waals surface area (Å²) in [7, 11) is 3.02. The molecule has 42 valence electrons. The van der Waals surface area contributed by atoms with Gasteiger partial charge in [-0.3, -0.25) is 0 Å². The summed E-state index contributed by atoms with van der Waals surface area (Å²) in [6.45, 7) is 3.42. The van der Waals surface area contributed by atoms with E-state index < -0.39 is 0 Å². The monoisotopic (exact) mass is 126 g/mol. The van der Waals surface area contributed by atoms with Gasteiger partial charge in [-0.2, -0.15) is 0 Å². The number of allylic oxidation sites excluding steroid dienone is 1. The second-order valence-corrected chi connectivity index (χ2v) is 1.19. The molecule has 0 fully saturated rings. The van der Waals surface area contributed by atoms with E-state index in [0.29, 0.717) is 0 Å². The fourth-order valence-electron chi connectivity index (χ4n) is 0.171. The maximum Gasteiger partial charge on any atom is 0.115 e. The van der Waals surface area contributed by atoms with Crippen molar-refractivity contribution in [3.63, 3.8) is 0 Å². The van der Waals surface area contributed by atoms with Crippen molar-refractivity contribution in [2.24, 2.45) is 9.98 Å². The van der Waals surface area contributed by atoms with Crippen LogP contribution >= 0.6 is 8.86 Å². The molecule has 0 aliphatic carbocycles. The molecule has 0 saturated carbocycles. The van der Waals surface area contributed by atoms with Crippen LogP contribution in [0, 0.1) is 0 Å². The summed E-state index contributed by atoms with van der Waals surface area (Å²) in [6.07, 6.45) is 4.55. The van der Waals surface area contributed by atoms with Crippen molar-refractivity contribution in [2.45, 2.75) is 0 Å². The van der Waals surface area contributed by atoms with Gasteiger partial charge in [-0.1, -0.05) is 12.7 Å². The molecule has 0 bridgehead atoms. The molecule has 0 aliphatic heterocycles. The summed E-state index contributed by atoms with van der Waals surface area (Å²) in [5.41, 5.74) is 0. The Kier molecular flexibility index (Phi) is 5.66. The minimum absolute atomic E-state index is 1.41. The predicted octanol–water partition coefficient (Wildman–Crippen LogP) is 1.17. The normalized spacial score (nSPS) is 10.5. The Morgan fingerprint density at radius 1 is 1.38 bits per heavy atom. The van der Waals surface area contributed by atoms with Crippen molar-refractivity contribution in [3.8, 4) is 0 Å². The first kappa shape index (κ1) is 7.25. The number of rotatable bonds is 3. The first-order chi connectivity index (χ1) is 3.91. The second-order valence-electron chi connectivity index (χ2n) is 0.927. The molecule has 0 aromatic heterocycles. The lowest BCUT2D eigenvalue weighted by Gasteiger charge is -1.68. The van der Waals surface area contributed by atoms with Crippen molar-refractivity contribution < 1.29 is 0 Å². The third kappa shape index (κ3) is 5.25. The van der Waals surface area contributed by atoms with Crippen molar-refractivity contribution in [3.05, 3.63) is 12.7 Å². The molecule has 0 aromatic rings. The van der Waals surface area contributed by atoms with E-state index in [0.717, 1.165) is 0 Å². The highest BCUT2D eigenvalue weighted by molar-refractivity contribution is 7.18. The highest BCUT2D eigenvalue weighted by Crippen LogP contribution is 1.62. The van der Waals surface area contributed by atoms with E-state index in [1.807, 2.05) is 0 Å². The quantitative estimate of drug-likeness (QED) is 0.308. The third-order valence-electron chi connectivity index (χ3n) is 0.399. The largest absolute Gasteiger partial charge is 0.245 e. The molecule has 0 heterocycles. The molecule has 0 radical (unpaired) electrons. The van der Waals surface area contributed by atoms with E-state index >= 15 is 0 Å². The van der Waals surface area contributed by atoms with Crippen molar-refractivity contribution in [1.29, 1.82) is 0 Å². The zero-order valence-electron chi connectivity index (χ0n) is 4.41. The van der Waals surface area contributed by atoms with Gasteiger partial charge in [-0.25, -0.2) is 9.98 Å². The van der Waals surface area contributed by atoms with Crippen LogP contribution in [0.15, 0.2) is 22.6 Å². The molecule has 0 aromatic carbocycles. The topological polar surface area (TPSA) is 24.7 Å². The number of hydrogen-bond acceptors (Lipinski definition) is 0. The van der Waals surface area contributed by atoms with Gasteiger partial charge in [0.2, 0.25) is 0 Å². The van der Waals surface area contributed by atoms with Gasteiger partial charge in [0, 0.05) is 12.1 Å². The lowest BCUT2D eigenvalue weighted by molar-refractivity contribution is 1.73. The zero-order chi connectivity index (χ0) is 6.24. The molecule has 0 rings (SSSR count). The third-order valence-corrected chi connectivity index (χ3v) is 0.548. The van der Waals surface area contributed by atoms with Crippen LogP contribution < -0.4 is 0 Å². The van der Waals surface area contributed by atoms with Gasteiger partial charge >= 0.3 is 0 Å². The molecule has 0 atom stereocenters. The molecule has 0 spiro atoms. The molecule has 0 N–H and O–H groups in total. The van der Waals surface area contributed by atoms with Crippen molar-refractivity contribution >= 4 is 27.3 Å². The van der Waals surface area contributed by atoms with Crippen LogP contribution in [0.3, 0.4) is 0 Å². The van der Waals surface area contributed by atoms with Gasteiger partial charge in [0.1, 0.15) is 6.34 Å². The van der Waals surface area contributed by atoms with E-state index in [4.69, 9.17) is 0 Å². The van der Waals surface area contributed by atoms with Crippen molar-refractivity contribution in [1.82, 2.24) is 0 Å². The van der Waals surface area contributed by atoms with E-state index in [2.05, 4.69) is 25.4 Å². The molecule has 3 heteroatoms. The van der Waals surface area contributed by atoms with Crippen LogP contribution in [0.25, 0.3) is 0 Å². The summed E-state index contributed by atoms with van der Waals surface area (Å²) in [5, 5.41) is 0. The first-order valence-corrected chi connectivity index (χ1v) is 2.64. The molecule has 0 saturated heterocycles. The Balaban J connectivity index is 3.41. The van der Waals surface area contributed by atoms with Gasteiger partial charge in [-0.05, 0) is 0 Å². The van der Waals surface area contributed by atoms with Crippen LogP contribution in [0.2, 0.25) is 0 Å². The standard InChI is InChI=1S/C5H7N2P/c1-2-3-6-4-7-5-8/h2-5,8H,1H2/b6-3-,7-4-. The van der Waals surface area contributed by atoms with Crippen LogP contribution in [-0.2, 0) is 0 Å². The van der Waals surface area contributed by atoms with E-state index in [-0.39, 0.29) is 0 Å². The second kappa shape index (κ2) is 6.25. The Hall–Kier alpha value is -0.750. The van der Waals surface area contributed by atoms with E-state index in [1.54, 1.807) is 12.3 Å². The summed E-state index contributed by atoms with van der Waals surface area (Å²) in [5.74, 6) is 1.47. The lowest BCUT2D eigenvalue weighted by Crippen LogP contribution is -1.65. The maximum absolute atomic E-state index is 3.68. The Morgan fingerprint density at radius 2 is 2.12 bits per heavy atom. The average molecular weight is 126 g/mol. The van der Waals surface area contributed by atoms with Crippen LogP contribution in [-0.4, -0.2) is 18.5 Å². The van der Waals surface area contributed by atoms with Gasteiger partial charge < -0.3 is 0 Å². The molecular formula is C5H7N2P. The van der Waals surface area contributed by atoms with Crippen LogP contribution in [0.4, 0.5) is 0 Å². The number of nitrogens with zero attached hydrogens (tertiary/aromatic N) is 2. The summed E-state index contributed by atoms with van der Waals surface area (Å²) >= 11 is 0. The van der Waals surface area contributed by atoms with Crippen molar-refractivity contribution in [2.75, 3.05) is 0 Å². The maximum atomic E-state index is 3.68. The van der Waals surface area contributed by atoms with E-state index in [1.165, 1.54) is 12.3 Å². The lowest BCUT2D eigenvalue weighted by atomic mass is 10.7. The van der Waals surface area contributed by atoms with E-state index in [9.17, 15) is 0 Å². The van der Waals surface area contributed by atoms with Crippen LogP contribution in [0.5, 0.6) is 0 Å². The fourth-order valence-corrected chi connectivity index (χ4v) is 0.238. The number of aliphatic imine (C=N–C) groups is 2. The SMILES string of the molecule is C=C/C=N\C=N/C=P. The van der Waals surface area contributed by atoms with Gasteiger partial charge in [0.15, 0.2) is 0 Å². The Morgan fingerprint density at radius 3 is 2.62 bits per heavy atom. The molecule has 0 aliphatic rings. The predicted molar refractivity (Wildman–Crippen MR) is 41.6 cm³/mol. The molecule has 0 unspecified atom stereocenters. The van der Waals surface area contributed by atoms with Gasteiger partial charge in [-0.15, -0.1) is 8.86 Å². The first-order valence-electron chi connectivity index (χ1n) is 2.06. The minimum Gasteiger partial charge on any atom is -0.245 e. The highest BCUT2D eigenvalue weighted by Gasteiger charge is 1.55. The molecular weight excluding hydrogens is 119 g/mol. The number of hydrogen-bond donors (Lipinski definition) is 0. The summed E-state index contributed by atoms with van der Waals surface area (Å²) < 4.78 is 0. The molecule has 2 nitrogen and oxygen atoms in total. The summed E-state index contributed by atoms with van der Waals surface area (Å²) in [4.78, 5) is 7.31. The molecule has 8 heavy (non-hydrogen) atoms. The Labute approximate surface area is 50.9 Å². The van der Waals surface area contributed by atoms with Gasteiger partial charge in [0.25, 0.3) is 0 Å². The average Bonchev–Trinajstić information content (AvgIpc) is 1.81. The summed E-state index contributed by atoms with van der Waals surface area (Å²) in [6, 6.07) is 0. The smallest absolute Gasteiger partial charge is 0.115 e.